The highest BCUT2D eigenvalue weighted by Crippen LogP contribution is 2.32. The third kappa shape index (κ3) is 12.3. The maximum atomic E-state index is 13.2. The Hall–Kier alpha value is -6.56. The normalized spacial score (nSPS) is 14.2. The maximum Gasteiger partial charge on any atom is 0.411 e. The lowest BCUT2D eigenvalue weighted by Gasteiger charge is -2.31. The summed E-state index contributed by atoms with van der Waals surface area (Å²) in [5, 5.41) is 24.7. The van der Waals surface area contributed by atoms with Crippen molar-refractivity contribution in [3.8, 4) is 16.9 Å². The first-order valence-electron chi connectivity index (χ1n) is 22.3. The number of Topliss-reactive ketones (excluding diaryl/α,β-unsaturated/α-hetero) is 1. The number of hydrogen-bond acceptors (Lipinski definition) is 8. The van der Waals surface area contributed by atoms with Crippen LogP contribution in [-0.2, 0) is 33.6 Å². The number of aliphatic hydroxyl groups is 1. The van der Waals surface area contributed by atoms with E-state index in [1.54, 1.807) is 24.1 Å². The van der Waals surface area contributed by atoms with Crippen LogP contribution in [0.2, 0.25) is 0 Å². The van der Waals surface area contributed by atoms with Crippen molar-refractivity contribution < 1.29 is 29.3 Å². The zero-order valence-corrected chi connectivity index (χ0v) is 36.7. The summed E-state index contributed by atoms with van der Waals surface area (Å²) < 4.78 is 5.78. The minimum atomic E-state index is -0.730. The summed E-state index contributed by atoms with van der Waals surface area (Å²) in [6.07, 6.45) is 4.00. The smallest absolute Gasteiger partial charge is 0.411 e. The van der Waals surface area contributed by atoms with Gasteiger partial charge in [0.2, 0.25) is 11.5 Å². The number of aryl methyl sites for hydroxylation is 1. The van der Waals surface area contributed by atoms with Gasteiger partial charge < -0.3 is 29.7 Å². The summed E-state index contributed by atoms with van der Waals surface area (Å²) in [7, 11) is 1.79. The van der Waals surface area contributed by atoms with Gasteiger partial charge in [-0.25, -0.2) is 4.79 Å². The lowest BCUT2D eigenvalue weighted by atomic mass is 9.92. The molecule has 11 heteroatoms. The average Bonchev–Trinajstić information content (AvgIpc) is 3.31. The zero-order chi connectivity index (χ0) is 45.0. The van der Waals surface area contributed by atoms with E-state index in [9.17, 15) is 29.4 Å². The van der Waals surface area contributed by atoms with Crippen LogP contribution in [0.15, 0.2) is 132 Å². The minimum Gasteiger partial charge on any atom is -0.506 e. The SMILES string of the molecule is CC(CC[C@H](O)c1ccc(O)c2[nH]c(=O)ccc12)Cc1ccc(CC(=O)CCc2ccc(N(C)C(=O)CCN3CCC(OC(=O)Nc4ccccc4-c4ccccc4)CC3)cc2)cc1. The number of phenolic OH excluding ortho intramolecular Hbond substituents is 1. The number of aromatic hydroxyl groups is 1. The number of phenols is 1. The van der Waals surface area contributed by atoms with Crippen molar-refractivity contribution in [2.45, 2.75) is 76.9 Å². The number of rotatable bonds is 18. The van der Waals surface area contributed by atoms with Crippen molar-refractivity contribution >= 4 is 40.1 Å². The number of amides is 2. The summed E-state index contributed by atoms with van der Waals surface area (Å²) in [4.78, 5) is 57.3. The molecule has 11 nitrogen and oxygen atoms in total. The summed E-state index contributed by atoms with van der Waals surface area (Å²) >= 11 is 0. The number of benzene rings is 5. The van der Waals surface area contributed by atoms with Crippen LogP contribution in [0.5, 0.6) is 5.75 Å². The Morgan fingerprint density at radius 2 is 1.50 bits per heavy atom. The van der Waals surface area contributed by atoms with E-state index >= 15 is 0 Å². The minimum absolute atomic E-state index is 0.0249. The van der Waals surface area contributed by atoms with Gasteiger partial charge in [-0.15, -0.1) is 0 Å². The fraction of sp³-hybridized carbons (Fsp3) is 0.321. The van der Waals surface area contributed by atoms with Crippen molar-refractivity contribution in [3.63, 3.8) is 0 Å². The van der Waals surface area contributed by atoms with Crippen LogP contribution >= 0.6 is 0 Å². The highest BCUT2D eigenvalue weighted by Gasteiger charge is 2.24. The predicted molar refractivity (Wildman–Crippen MR) is 253 cm³/mol. The molecule has 2 amide bonds. The summed E-state index contributed by atoms with van der Waals surface area (Å²) in [6, 6.07) is 39.9. The number of pyridine rings is 1. The molecule has 6 aromatic rings. The number of hydrogen-bond donors (Lipinski definition) is 4. The molecule has 1 saturated heterocycles. The Labute approximate surface area is 374 Å². The number of nitrogens with zero attached hydrogens (tertiary/aromatic N) is 2. The number of ketones is 1. The van der Waals surface area contributed by atoms with Crippen LogP contribution < -0.4 is 15.8 Å². The first-order valence-corrected chi connectivity index (χ1v) is 22.3. The number of aromatic amines is 1. The number of nitrogens with one attached hydrogen (secondary N) is 2. The van der Waals surface area contributed by atoms with Crippen molar-refractivity contribution in [3.05, 3.63) is 160 Å². The van der Waals surface area contributed by atoms with E-state index in [0.29, 0.717) is 79.6 Å². The molecule has 64 heavy (non-hydrogen) atoms. The predicted octanol–water partition coefficient (Wildman–Crippen LogP) is 9.40. The Balaban J connectivity index is 0.775. The van der Waals surface area contributed by atoms with Crippen molar-refractivity contribution in [2.24, 2.45) is 5.92 Å². The molecular formula is C53H58N4O7. The topological polar surface area (TPSA) is 152 Å². The second kappa shape index (κ2) is 21.7. The first-order chi connectivity index (χ1) is 31.0. The molecule has 1 unspecified atom stereocenters. The van der Waals surface area contributed by atoms with E-state index in [4.69, 9.17) is 4.74 Å². The van der Waals surface area contributed by atoms with Gasteiger partial charge in [-0.3, -0.25) is 19.7 Å². The molecule has 1 aliphatic heterocycles. The molecule has 1 aromatic heterocycles. The van der Waals surface area contributed by atoms with Crippen molar-refractivity contribution in [1.29, 1.82) is 0 Å². The molecule has 2 atom stereocenters. The van der Waals surface area contributed by atoms with E-state index in [1.807, 2.05) is 91.0 Å². The van der Waals surface area contributed by atoms with E-state index in [2.05, 4.69) is 34.3 Å². The first kappa shape index (κ1) is 45.5. The number of piperidine rings is 1. The van der Waals surface area contributed by atoms with E-state index in [0.717, 1.165) is 53.9 Å². The number of anilines is 2. The molecule has 1 aliphatic rings. The number of carbonyl (C=O) groups excluding carboxylic acids is 3. The third-order valence-electron chi connectivity index (χ3n) is 12.3. The number of aromatic nitrogens is 1. The number of likely N-dealkylation sites (tertiary alicyclic amines) is 1. The van der Waals surface area contributed by atoms with Gasteiger partial charge in [0, 0.05) is 68.6 Å². The van der Waals surface area contributed by atoms with Gasteiger partial charge >= 0.3 is 6.09 Å². The average molecular weight is 863 g/mol. The van der Waals surface area contributed by atoms with Gasteiger partial charge in [0.25, 0.3) is 0 Å². The Morgan fingerprint density at radius 1 is 0.812 bits per heavy atom. The highest BCUT2D eigenvalue weighted by atomic mass is 16.6. The molecule has 4 N–H and O–H groups in total. The van der Waals surface area contributed by atoms with Gasteiger partial charge in [0.15, 0.2) is 0 Å². The van der Waals surface area contributed by atoms with E-state index < -0.39 is 12.2 Å². The molecule has 0 spiro atoms. The van der Waals surface area contributed by atoms with E-state index in [1.165, 1.54) is 17.7 Å². The zero-order valence-electron chi connectivity index (χ0n) is 36.7. The number of para-hydroxylation sites is 1. The second-order valence-corrected chi connectivity index (χ2v) is 17.1. The lowest BCUT2D eigenvalue weighted by molar-refractivity contribution is -0.119. The molecule has 7 rings (SSSR count). The molecule has 0 radical (unpaired) electrons. The number of carbonyl (C=O) groups is 3. The van der Waals surface area contributed by atoms with Crippen LogP contribution in [0.3, 0.4) is 0 Å². The Bertz CT molecular complexity index is 2570. The Kier molecular flexibility index (Phi) is 15.4. The van der Waals surface area contributed by atoms with Gasteiger partial charge in [-0.1, -0.05) is 97.9 Å². The number of H-pyrrole nitrogens is 1. The molecule has 0 bridgehead atoms. The molecule has 5 aromatic carbocycles. The molecule has 2 heterocycles. The number of aliphatic hydroxyl groups excluding tert-OH is 1. The standard InChI is InChI=1S/C53H58N4O7/c1-36(12-25-48(59)45-23-26-49(60)52-46(45)24-27-50(61)55-52)34-38-13-15-39(16-14-38)35-42(58)22-19-37-17-20-41(21-18-37)56(2)51(62)30-33-57-31-28-43(29-32-57)64-53(63)54-47-11-7-6-10-44(47)40-8-4-3-5-9-40/h3-11,13-18,20-21,23-24,26-27,36,43,48,59-60H,12,19,22,25,28-35H2,1-2H3,(H,54,63)(H,55,61)/t36?,48-/m0/s1. The van der Waals surface area contributed by atoms with Gasteiger partial charge in [0.1, 0.15) is 17.6 Å². The molecule has 1 fully saturated rings. The summed E-state index contributed by atoms with van der Waals surface area (Å²) in [5.74, 6) is 0.476. The highest BCUT2D eigenvalue weighted by molar-refractivity contribution is 5.93. The number of ether oxygens (including phenoxy) is 1. The van der Waals surface area contributed by atoms with Crippen LogP contribution in [0.4, 0.5) is 16.2 Å². The lowest BCUT2D eigenvalue weighted by Crippen LogP contribution is -2.40. The largest absolute Gasteiger partial charge is 0.506 e. The number of fused-ring (bicyclic) bond motifs is 1. The van der Waals surface area contributed by atoms with Crippen LogP contribution in [-0.4, -0.2) is 70.7 Å². The molecular weight excluding hydrogens is 805 g/mol. The van der Waals surface area contributed by atoms with Gasteiger partial charge in [-0.05, 0) is 103 Å². The van der Waals surface area contributed by atoms with E-state index in [-0.39, 0.29) is 29.1 Å². The maximum absolute atomic E-state index is 13.2. The third-order valence-corrected chi connectivity index (χ3v) is 12.3. The molecule has 0 saturated carbocycles. The second-order valence-electron chi connectivity index (χ2n) is 17.1. The monoisotopic (exact) mass is 862 g/mol. The molecule has 0 aliphatic carbocycles. The van der Waals surface area contributed by atoms with Crippen LogP contribution in [0.1, 0.15) is 73.8 Å². The van der Waals surface area contributed by atoms with Crippen LogP contribution in [0.25, 0.3) is 22.0 Å². The van der Waals surface area contributed by atoms with Crippen molar-refractivity contribution in [1.82, 2.24) is 9.88 Å². The van der Waals surface area contributed by atoms with Crippen molar-refractivity contribution in [2.75, 3.05) is 36.9 Å². The summed E-state index contributed by atoms with van der Waals surface area (Å²) in [5.41, 5.74) is 7.36. The van der Waals surface area contributed by atoms with Crippen LogP contribution in [0, 0.1) is 5.92 Å². The fourth-order valence-corrected chi connectivity index (χ4v) is 8.50. The molecule has 332 valence electrons. The fourth-order valence-electron chi connectivity index (χ4n) is 8.50. The quantitative estimate of drug-likeness (QED) is 0.0667. The summed E-state index contributed by atoms with van der Waals surface area (Å²) in [6.45, 7) is 4.28. The van der Waals surface area contributed by atoms with Gasteiger partial charge in [0.05, 0.1) is 17.3 Å². The Morgan fingerprint density at radius 3 is 2.25 bits per heavy atom. The van der Waals surface area contributed by atoms with Gasteiger partial charge in [-0.2, -0.15) is 0 Å².